The largest absolute Gasteiger partial charge is 0.367 e. The van der Waals surface area contributed by atoms with Gasteiger partial charge in [-0.1, -0.05) is 0 Å². The topological polar surface area (TPSA) is 44.6 Å². The monoisotopic (exact) mass is 87.0 g/mol. The smallest absolute Gasteiger partial charge is 0.150 e. The molecule has 1 heterocycles. The zero-order valence-electron chi connectivity index (χ0n) is 2.92. The first-order valence-corrected chi connectivity index (χ1v) is 1.43. The fraction of sp³-hybridized carbons (Fsp3) is 0. The normalized spacial score (nSPS) is 18.7. The second kappa shape index (κ2) is 1.64. The van der Waals surface area contributed by atoms with Gasteiger partial charge in [-0.25, -0.2) is 5.48 Å². The van der Waals surface area contributed by atoms with Gasteiger partial charge in [0.1, 0.15) is 11.9 Å². The van der Waals surface area contributed by atoms with Crippen molar-refractivity contribution in [1.29, 1.82) is 0 Å². The van der Waals surface area contributed by atoms with Crippen molar-refractivity contribution in [2.24, 2.45) is 0 Å². The highest BCUT2D eigenvalue weighted by molar-refractivity contribution is 4.64. The average molecular weight is 87.1 g/mol. The van der Waals surface area contributed by atoms with E-state index in [-0.39, 0.29) is 0 Å². The number of hydrogen-bond donors (Lipinski definition) is 1. The van der Waals surface area contributed by atoms with Crippen molar-refractivity contribution >= 4 is 0 Å². The molecule has 0 unspecified atom stereocenters. The molecular formula is C2H3N2O2. The van der Waals surface area contributed by atoms with Crippen molar-refractivity contribution in [1.82, 2.24) is 11.1 Å². The van der Waals surface area contributed by atoms with Crippen LogP contribution in [0.25, 0.3) is 0 Å². The lowest BCUT2D eigenvalue weighted by atomic mass is 11.0. The summed E-state index contributed by atoms with van der Waals surface area (Å²) < 4.78 is 0. The molecule has 1 radical (unpaired) electrons. The van der Waals surface area contributed by atoms with Crippen LogP contribution in [0.1, 0.15) is 0 Å². The maximum absolute atomic E-state index is 4.23. The van der Waals surface area contributed by atoms with Crippen LogP contribution in [0, 0.1) is 0 Å². The van der Waals surface area contributed by atoms with Crippen molar-refractivity contribution in [3.63, 3.8) is 0 Å². The minimum absolute atomic E-state index is 1.36. The SMILES string of the molecule is C1=CO[N]ON1. The molecule has 1 aliphatic rings. The molecule has 0 spiro atoms. The van der Waals surface area contributed by atoms with Gasteiger partial charge in [-0.3, -0.25) is 0 Å². The fourth-order valence-electron chi connectivity index (χ4n) is 0.157. The molecule has 33 valence electrons. The molecule has 1 rings (SSSR count). The van der Waals surface area contributed by atoms with E-state index in [1.165, 1.54) is 12.5 Å². The number of hydroxylamine groups is 1. The van der Waals surface area contributed by atoms with E-state index in [0.717, 1.165) is 0 Å². The second-order valence-electron chi connectivity index (χ2n) is 0.692. The maximum atomic E-state index is 4.23. The lowest BCUT2D eigenvalue weighted by Gasteiger charge is -2.01. The predicted octanol–water partition coefficient (Wildman–Crippen LogP) is -0.557. The van der Waals surface area contributed by atoms with Crippen LogP contribution in [0.5, 0.6) is 0 Å². The molecule has 4 heteroatoms. The molecule has 6 heavy (non-hydrogen) atoms. The van der Waals surface area contributed by atoms with E-state index in [1.807, 2.05) is 0 Å². The van der Waals surface area contributed by atoms with Crippen LogP contribution >= 0.6 is 0 Å². The molecule has 0 bridgehead atoms. The average Bonchev–Trinajstić information content (AvgIpc) is 1.72. The number of rotatable bonds is 0. The van der Waals surface area contributed by atoms with Gasteiger partial charge in [-0.05, 0) is 0 Å². The molecule has 1 aliphatic heterocycles. The molecule has 0 fully saturated rings. The Hall–Kier alpha value is -0.740. The van der Waals surface area contributed by atoms with Gasteiger partial charge in [0.25, 0.3) is 0 Å². The van der Waals surface area contributed by atoms with Crippen molar-refractivity contribution < 1.29 is 9.78 Å². The molecule has 0 aliphatic carbocycles. The third-order valence-corrected chi connectivity index (χ3v) is 0.330. The summed E-state index contributed by atoms with van der Waals surface area (Å²) >= 11 is 0. The van der Waals surface area contributed by atoms with Crippen LogP contribution in [0.15, 0.2) is 12.5 Å². The van der Waals surface area contributed by atoms with E-state index in [9.17, 15) is 0 Å². The zero-order chi connectivity index (χ0) is 4.24. The Morgan fingerprint density at radius 2 is 2.67 bits per heavy atom. The van der Waals surface area contributed by atoms with Crippen LogP contribution in [-0.4, -0.2) is 0 Å². The van der Waals surface area contributed by atoms with Gasteiger partial charge in [0, 0.05) is 0 Å². The number of nitrogens with one attached hydrogen (secondary N) is 1. The Morgan fingerprint density at radius 1 is 1.67 bits per heavy atom. The van der Waals surface area contributed by atoms with E-state index >= 15 is 0 Å². The van der Waals surface area contributed by atoms with E-state index in [1.54, 1.807) is 0 Å². The highest BCUT2D eigenvalue weighted by Crippen LogP contribution is 1.76. The minimum Gasteiger partial charge on any atom is -0.367 e. The van der Waals surface area contributed by atoms with Crippen LogP contribution in [0.2, 0.25) is 0 Å². The molecule has 0 aromatic heterocycles. The Balaban J connectivity index is 2.26. The standard InChI is InChI=1S/C2H3N2O2/c1-2-5-4-6-3-1/h1-3H. The lowest BCUT2D eigenvalue weighted by Crippen LogP contribution is -2.18. The van der Waals surface area contributed by atoms with Crippen molar-refractivity contribution in [2.45, 2.75) is 0 Å². The molecule has 0 aromatic rings. The maximum Gasteiger partial charge on any atom is 0.150 e. The molecule has 0 saturated carbocycles. The Labute approximate surface area is 34.6 Å². The van der Waals surface area contributed by atoms with Crippen LogP contribution < -0.4 is 11.1 Å². The van der Waals surface area contributed by atoms with E-state index < -0.39 is 0 Å². The second-order valence-corrected chi connectivity index (χ2v) is 0.692. The van der Waals surface area contributed by atoms with Gasteiger partial charge in [0.15, 0.2) is 0 Å². The summed E-state index contributed by atoms with van der Waals surface area (Å²) in [7, 11) is 0. The third kappa shape index (κ3) is 0.602. The van der Waals surface area contributed by atoms with Crippen molar-refractivity contribution in [3.8, 4) is 0 Å². The highest BCUT2D eigenvalue weighted by atomic mass is 17.0. The molecule has 0 atom stereocenters. The number of nitrogens with zero attached hydrogens (tertiary/aromatic N) is 1. The van der Waals surface area contributed by atoms with E-state index in [0.29, 0.717) is 0 Å². The number of hydrogen-bond acceptors (Lipinski definition) is 3. The van der Waals surface area contributed by atoms with Crippen LogP contribution in [-0.2, 0) is 9.78 Å². The van der Waals surface area contributed by atoms with Gasteiger partial charge < -0.3 is 4.84 Å². The van der Waals surface area contributed by atoms with Gasteiger partial charge >= 0.3 is 0 Å². The third-order valence-electron chi connectivity index (χ3n) is 0.330. The first kappa shape index (κ1) is 3.45. The summed E-state index contributed by atoms with van der Waals surface area (Å²) in [4.78, 5) is 8.36. The Bertz CT molecular complexity index is 54.6. The lowest BCUT2D eigenvalue weighted by molar-refractivity contribution is -0.191. The first-order valence-electron chi connectivity index (χ1n) is 1.43. The van der Waals surface area contributed by atoms with Gasteiger partial charge in [-0.2, -0.15) is 0 Å². The zero-order valence-corrected chi connectivity index (χ0v) is 2.92. The summed E-state index contributed by atoms with van der Waals surface area (Å²) in [6.07, 6.45) is 2.84. The predicted molar refractivity (Wildman–Crippen MR) is 16.6 cm³/mol. The molecule has 1 N–H and O–H groups in total. The Kier molecular flexibility index (Phi) is 0.941. The van der Waals surface area contributed by atoms with Crippen LogP contribution in [0.3, 0.4) is 0 Å². The molecule has 0 aromatic carbocycles. The summed E-state index contributed by atoms with van der Waals surface area (Å²) in [6.45, 7) is 0. The van der Waals surface area contributed by atoms with Gasteiger partial charge in [0.2, 0.25) is 0 Å². The summed E-state index contributed by atoms with van der Waals surface area (Å²) in [6, 6.07) is 0. The van der Waals surface area contributed by atoms with Crippen LogP contribution in [0.4, 0.5) is 0 Å². The summed E-state index contributed by atoms with van der Waals surface area (Å²) in [5, 5.41) is 0. The summed E-state index contributed by atoms with van der Waals surface area (Å²) in [5.41, 5.74) is 5.29. The summed E-state index contributed by atoms with van der Waals surface area (Å²) in [5.74, 6) is 0. The molecular weight excluding hydrogens is 84.0 g/mol. The van der Waals surface area contributed by atoms with Gasteiger partial charge in [0.05, 0.1) is 6.20 Å². The van der Waals surface area contributed by atoms with E-state index in [4.69, 9.17) is 0 Å². The Morgan fingerprint density at radius 3 is 2.83 bits per heavy atom. The van der Waals surface area contributed by atoms with Gasteiger partial charge in [-0.15, -0.1) is 4.94 Å². The minimum atomic E-state index is 1.36. The fourth-order valence-corrected chi connectivity index (χ4v) is 0.157. The molecule has 0 amide bonds. The first-order chi connectivity index (χ1) is 3.00. The van der Waals surface area contributed by atoms with Crippen molar-refractivity contribution in [2.75, 3.05) is 0 Å². The van der Waals surface area contributed by atoms with Crippen molar-refractivity contribution in [3.05, 3.63) is 12.5 Å². The van der Waals surface area contributed by atoms with E-state index in [2.05, 4.69) is 20.9 Å². The molecule has 4 nitrogen and oxygen atoms in total. The highest BCUT2D eigenvalue weighted by Gasteiger charge is 1.85. The quantitative estimate of drug-likeness (QED) is 0.431. The molecule has 0 saturated heterocycles.